The van der Waals surface area contributed by atoms with Gasteiger partial charge in [-0.15, -0.1) is 0 Å². The minimum absolute atomic E-state index is 0.0372. The molecule has 2 bridgehead atoms. The van der Waals surface area contributed by atoms with Gasteiger partial charge in [0.25, 0.3) is 5.91 Å². The van der Waals surface area contributed by atoms with Crippen molar-refractivity contribution in [3.05, 3.63) is 70.3 Å². The number of nitrogens with zero attached hydrogens (tertiary/aromatic N) is 3. The first-order valence-corrected chi connectivity index (χ1v) is 24.3. The summed E-state index contributed by atoms with van der Waals surface area (Å²) >= 11 is 6.56. The van der Waals surface area contributed by atoms with Gasteiger partial charge in [0.15, 0.2) is 0 Å². The number of likely N-dealkylation sites (tertiary alicyclic amines) is 1. The number of hydrogen-bond donors (Lipinski definition) is 1. The van der Waals surface area contributed by atoms with Gasteiger partial charge in [-0.1, -0.05) is 50.6 Å². The minimum Gasteiger partial charge on any atom is -0.490 e. The molecule has 2 fully saturated rings. The van der Waals surface area contributed by atoms with Gasteiger partial charge in [0.2, 0.25) is 0 Å². The Morgan fingerprint density at radius 2 is 1.82 bits per heavy atom. The Hall–Kier alpha value is -2.56. The van der Waals surface area contributed by atoms with Gasteiger partial charge in [0.05, 0.1) is 22.0 Å². The summed E-state index contributed by atoms with van der Waals surface area (Å²) in [6.07, 6.45) is 15.5. The lowest BCUT2D eigenvalue weighted by atomic mass is 9.63. The molecule has 1 N–H and O–H groups in total. The van der Waals surface area contributed by atoms with Crippen molar-refractivity contribution >= 4 is 38.8 Å². The number of carbonyl (C=O) groups is 1. The van der Waals surface area contributed by atoms with Gasteiger partial charge in [-0.05, 0) is 169 Å². The van der Waals surface area contributed by atoms with E-state index < -0.39 is 15.3 Å². The fraction of sp³-hybridized carbons (Fsp3) is 0.660. The lowest BCUT2D eigenvalue weighted by Gasteiger charge is -2.52. The van der Waals surface area contributed by atoms with E-state index >= 15 is 0 Å². The summed E-state index contributed by atoms with van der Waals surface area (Å²) in [5, 5.41) is 0.446. The van der Waals surface area contributed by atoms with Gasteiger partial charge in [0, 0.05) is 53.5 Å². The summed E-state index contributed by atoms with van der Waals surface area (Å²) in [7, 11) is -2.96. The van der Waals surface area contributed by atoms with Crippen LogP contribution in [0.5, 0.6) is 5.75 Å². The monoisotopic (exact) mass is 820 g/mol. The van der Waals surface area contributed by atoms with Gasteiger partial charge in [-0.25, -0.2) is 4.21 Å². The summed E-state index contributed by atoms with van der Waals surface area (Å²) in [5.41, 5.74) is 3.37. The number of ether oxygens (including phenoxy) is 2. The number of fused-ring (bicyclic) bond motifs is 4. The first kappa shape index (κ1) is 42.6. The second kappa shape index (κ2) is 18.0. The topological polar surface area (TPSA) is 74.4 Å². The number of aryl methyl sites for hydroxylation is 1. The average Bonchev–Trinajstić information content (AvgIpc) is 3.32. The summed E-state index contributed by atoms with van der Waals surface area (Å²) in [4.78, 5) is 21.8. The van der Waals surface area contributed by atoms with Crippen LogP contribution in [-0.4, -0.2) is 102 Å². The Morgan fingerprint density at radius 1 is 1.05 bits per heavy atom. The third kappa shape index (κ3) is 8.99. The number of anilines is 1. The van der Waals surface area contributed by atoms with E-state index in [0.717, 1.165) is 87.7 Å². The lowest BCUT2D eigenvalue weighted by Crippen LogP contribution is -2.58. The molecule has 7 rings (SSSR count). The van der Waals surface area contributed by atoms with Crippen LogP contribution in [0.15, 0.2) is 48.6 Å². The van der Waals surface area contributed by atoms with E-state index in [0.29, 0.717) is 36.7 Å². The molecular weight excluding hydrogens is 752 g/mol. The number of halogens is 1. The molecule has 314 valence electrons. The smallest absolute Gasteiger partial charge is 0.262 e. The predicted octanol–water partition coefficient (Wildman–Crippen LogP) is 8.55. The number of benzene rings is 2. The van der Waals surface area contributed by atoms with E-state index in [9.17, 15) is 9.00 Å². The molecule has 3 heterocycles. The van der Waals surface area contributed by atoms with Crippen LogP contribution in [-0.2, 0) is 26.3 Å². The van der Waals surface area contributed by atoms with Crippen LogP contribution in [0.25, 0.3) is 0 Å². The van der Waals surface area contributed by atoms with E-state index in [-0.39, 0.29) is 22.5 Å². The zero-order chi connectivity index (χ0) is 40.4. The van der Waals surface area contributed by atoms with Crippen molar-refractivity contribution < 1.29 is 18.5 Å². The molecule has 57 heavy (non-hydrogen) atoms. The zero-order valence-corrected chi connectivity index (χ0v) is 37.0. The van der Waals surface area contributed by atoms with Crippen molar-refractivity contribution in [1.29, 1.82) is 0 Å². The summed E-state index contributed by atoms with van der Waals surface area (Å²) in [6.45, 7) is 19.0. The lowest BCUT2D eigenvalue weighted by molar-refractivity contribution is -0.112. The van der Waals surface area contributed by atoms with Crippen molar-refractivity contribution in [3.8, 4) is 5.75 Å². The maximum atomic E-state index is 14.2. The number of nitrogens with one attached hydrogen (secondary N) is 1. The number of allylic oxidation sites excluding steroid dienone is 1. The molecule has 1 amide bonds. The van der Waals surface area contributed by atoms with Gasteiger partial charge in [0.1, 0.15) is 11.4 Å². The highest BCUT2D eigenvalue weighted by molar-refractivity contribution is 7.99. The molecule has 2 aliphatic carbocycles. The molecule has 1 saturated heterocycles. The minimum atomic E-state index is -2.96. The Morgan fingerprint density at radius 3 is 2.53 bits per heavy atom. The van der Waals surface area contributed by atoms with Crippen LogP contribution in [0, 0.1) is 17.8 Å². The highest BCUT2D eigenvalue weighted by Gasteiger charge is 2.50. The van der Waals surface area contributed by atoms with Crippen molar-refractivity contribution in [2.75, 3.05) is 63.9 Å². The van der Waals surface area contributed by atoms with E-state index in [1.54, 1.807) is 0 Å². The molecule has 1 spiro atoms. The second-order valence-electron chi connectivity index (χ2n) is 18.1. The SMILES string of the molecule is C=S1(=O)NC(=O)c2ccc3c(c2)N(C[C@@H]2CC[C@H]2[C@@](CN2CCC(N(CCC)CCC)CC2)(OCC)/C=C/C[C@H](C)[C@H]1C)C[C@@]1(CCCc2cc(Cl)ccc21)CO3. The van der Waals surface area contributed by atoms with Gasteiger partial charge in [-0.2, -0.15) is 0 Å². The van der Waals surface area contributed by atoms with E-state index in [1.807, 2.05) is 31.2 Å². The standard InChI is InChI=1S/C47H69ClN4O4S/c1-7-24-51(25-8-2)40-20-26-50(27-21-40)32-47(56-9-3)23-10-12-34(4)35(5)57(6,54)49-45(53)37-15-19-44-43(29-37)52(30-38-14-17-42(38)47)31-46(33-55-44)22-11-13-36-28-39(48)16-18-41(36)46/h10,15-16,18-19,23,28-29,34-35,38,40,42H,6-9,11-14,17,20-22,24-27,30-33H2,1-5H3,(H,49,53,54)/b23-10+/t34-,35+,38-,42+,46-,47+,57?/m0/s1. The van der Waals surface area contributed by atoms with E-state index in [1.165, 1.54) is 49.9 Å². The third-order valence-electron chi connectivity index (χ3n) is 14.4. The highest BCUT2D eigenvalue weighted by atomic mass is 35.5. The number of carbonyl (C=O) groups excluding carboxylic acids is 1. The van der Waals surface area contributed by atoms with Crippen LogP contribution in [0.4, 0.5) is 5.69 Å². The Bertz CT molecular complexity index is 1860. The molecule has 1 unspecified atom stereocenters. The summed E-state index contributed by atoms with van der Waals surface area (Å²) < 4.78 is 30.9. The normalized spacial score (nSPS) is 33.1. The van der Waals surface area contributed by atoms with Crippen molar-refractivity contribution in [1.82, 2.24) is 14.5 Å². The molecule has 10 heteroatoms. The average molecular weight is 822 g/mol. The molecule has 7 atom stereocenters. The molecule has 5 aliphatic rings. The van der Waals surface area contributed by atoms with Gasteiger partial charge < -0.3 is 24.2 Å². The Kier molecular flexibility index (Phi) is 13.4. The van der Waals surface area contributed by atoms with E-state index in [2.05, 4.69) is 77.3 Å². The zero-order valence-electron chi connectivity index (χ0n) is 35.4. The van der Waals surface area contributed by atoms with Crippen molar-refractivity contribution in [2.45, 2.75) is 121 Å². The van der Waals surface area contributed by atoms with E-state index in [4.69, 9.17) is 21.1 Å². The first-order valence-electron chi connectivity index (χ1n) is 22.2. The maximum Gasteiger partial charge on any atom is 0.262 e. The second-order valence-corrected chi connectivity index (χ2v) is 21.0. The molecule has 0 aromatic heterocycles. The van der Waals surface area contributed by atoms with Gasteiger partial charge in [-0.3, -0.25) is 9.52 Å². The van der Waals surface area contributed by atoms with Crippen LogP contribution >= 0.6 is 11.6 Å². The number of piperidine rings is 1. The van der Waals surface area contributed by atoms with Crippen molar-refractivity contribution in [3.63, 3.8) is 0 Å². The predicted molar refractivity (Wildman–Crippen MR) is 238 cm³/mol. The molecule has 2 aromatic carbocycles. The van der Waals surface area contributed by atoms with Crippen LogP contribution in [0.2, 0.25) is 5.02 Å². The Balaban J connectivity index is 1.26. The molecule has 1 saturated carbocycles. The number of rotatable bonds is 9. The quantitative estimate of drug-likeness (QED) is 0.201. The molecule has 8 nitrogen and oxygen atoms in total. The van der Waals surface area contributed by atoms with Gasteiger partial charge >= 0.3 is 0 Å². The highest BCUT2D eigenvalue weighted by Crippen LogP contribution is 2.49. The Labute approximate surface area is 349 Å². The molecule has 2 aromatic rings. The largest absolute Gasteiger partial charge is 0.490 e. The fourth-order valence-corrected chi connectivity index (χ4v) is 12.6. The fourth-order valence-electron chi connectivity index (χ4n) is 10.9. The molecule has 3 aliphatic heterocycles. The van der Waals surface area contributed by atoms with Crippen LogP contribution < -0.4 is 14.4 Å². The maximum absolute atomic E-state index is 14.2. The number of hydrogen-bond acceptors (Lipinski definition) is 7. The van der Waals surface area contributed by atoms with Crippen molar-refractivity contribution in [2.24, 2.45) is 17.8 Å². The summed E-state index contributed by atoms with van der Waals surface area (Å²) in [6, 6.07) is 12.8. The number of amides is 1. The third-order valence-corrected chi connectivity index (χ3v) is 16.8. The van der Waals surface area contributed by atoms with Crippen LogP contribution in [0.1, 0.15) is 114 Å². The summed E-state index contributed by atoms with van der Waals surface area (Å²) in [5.74, 6) is 5.30. The van der Waals surface area contributed by atoms with Crippen LogP contribution in [0.3, 0.4) is 0 Å². The molecular formula is C47H69ClN4O4S. The first-order chi connectivity index (χ1) is 27.4. The molecule has 0 radical (unpaired) electrons.